The van der Waals surface area contributed by atoms with Crippen molar-refractivity contribution in [3.8, 4) is 5.69 Å². The number of hydrogen-bond donors (Lipinski definition) is 2. The van der Waals surface area contributed by atoms with E-state index in [0.717, 1.165) is 12.8 Å². The van der Waals surface area contributed by atoms with Crippen LogP contribution in [0.25, 0.3) is 5.69 Å². The normalized spacial score (nSPS) is 10.5. The summed E-state index contributed by atoms with van der Waals surface area (Å²) in [5.41, 5.74) is 6.63. The van der Waals surface area contributed by atoms with Crippen LogP contribution < -0.4 is 11.1 Å². The van der Waals surface area contributed by atoms with E-state index in [1.165, 1.54) is 17.3 Å². The number of unbranched alkanes of at least 4 members (excludes halogenated alkanes) is 1. The van der Waals surface area contributed by atoms with Crippen LogP contribution in [0.1, 0.15) is 19.3 Å². The summed E-state index contributed by atoms with van der Waals surface area (Å²) < 4.78 is 1.53. The van der Waals surface area contributed by atoms with Gasteiger partial charge in [-0.25, -0.2) is 9.67 Å². The Bertz CT molecular complexity index is 570. The third-order valence-corrected chi connectivity index (χ3v) is 3.07. The van der Waals surface area contributed by atoms with Crippen molar-refractivity contribution >= 4 is 23.2 Å². The van der Waals surface area contributed by atoms with E-state index in [9.17, 15) is 4.79 Å². The first kappa shape index (κ1) is 14.5. The number of benzene rings is 1. The van der Waals surface area contributed by atoms with Gasteiger partial charge in [-0.3, -0.25) is 4.79 Å². The predicted octanol–water partition coefficient (Wildman–Crippen LogP) is 1.99. The van der Waals surface area contributed by atoms with Crippen LogP contribution in [0.4, 0.5) is 5.69 Å². The van der Waals surface area contributed by atoms with E-state index in [-0.39, 0.29) is 5.91 Å². The molecule has 0 unspecified atom stereocenters. The van der Waals surface area contributed by atoms with Crippen molar-refractivity contribution < 1.29 is 4.79 Å². The number of rotatable bonds is 6. The Morgan fingerprint density at radius 2 is 2.25 bits per heavy atom. The number of halogens is 1. The smallest absolute Gasteiger partial charge is 0.224 e. The summed E-state index contributed by atoms with van der Waals surface area (Å²) in [6.45, 7) is 0.592. The van der Waals surface area contributed by atoms with Crippen LogP contribution in [0.15, 0.2) is 30.9 Å². The molecule has 2 rings (SSSR count). The lowest BCUT2D eigenvalue weighted by atomic mass is 10.2. The molecular weight excluding hydrogens is 278 g/mol. The molecule has 7 heteroatoms. The molecule has 0 atom stereocenters. The zero-order valence-corrected chi connectivity index (χ0v) is 11.7. The third kappa shape index (κ3) is 3.55. The van der Waals surface area contributed by atoms with Crippen LogP contribution in [-0.2, 0) is 4.79 Å². The van der Waals surface area contributed by atoms with Crippen molar-refractivity contribution in [1.29, 1.82) is 0 Å². The van der Waals surface area contributed by atoms with Gasteiger partial charge in [0, 0.05) is 6.42 Å². The molecule has 1 amide bonds. The largest absolute Gasteiger partial charge is 0.330 e. The summed E-state index contributed by atoms with van der Waals surface area (Å²) in [6.07, 6.45) is 4.97. The maximum absolute atomic E-state index is 11.9. The lowest BCUT2D eigenvalue weighted by Crippen LogP contribution is -2.14. The molecule has 0 fully saturated rings. The molecule has 0 aliphatic rings. The molecule has 1 heterocycles. The number of aromatic nitrogens is 3. The molecule has 0 saturated heterocycles. The fourth-order valence-corrected chi connectivity index (χ4v) is 2.08. The molecule has 2 aromatic rings. The van der Waals surface area contributed by atoms with Gasteiger partial charge in [0.05, 0.1) is 10.7 Å². The molecule has 3 N–H and O–H groups in total. The summed E-state index contributed by atoms with van der Waals surface area (Å²) in [5.74, 6) is -0.0675. The van der Waals surface area contributed by atoms with Crippen molar-refractivity contribution in [2.24, 2.45) is 5.73 Å². The number of carbonyl (C=O) groups is 1. The van der Waals surface area contributed by atoms with Crippen LogP contribution in [-0.4, -0.2) is 27.2 Å². The minimum Gasteiger partial charge on any atom is -0.330 e. The molecule has 0 aliphatic carbocycles. The van der Waals surface area contributed by atoms with Crippen LogP contribution in [0.2, 0.25) is 5.02 Å². The molecule has 106 valence electrons. The SMILES string of the molecule is NCCCCC(=O)Nc1cccc(Cl)c1-n1cncn1. The van der Waals surface area contributed by atoms with Crippen molar-refractivity contribution in [3.63, 3.8) is 0 Å². The molecule has 6 nitrogen and oxygen atoms in total. The topological polar surface area (TPSA) is 85.8 Å². The number of nitrogens with zero attached hydrogens (tertiary/aromatic N) is 3. The molecule has 0 radical (unpaired) electrons. The summed E-state index contributed by atoms with van der Waals surface area (Å²) in [4.78, 5) is 15.8. The molecular formula is C13H16ClN5O. The molecule has 1 aromatic heterocycles. The summed E-state index contributed by atoms with van der Waals surface area (Å²) in [7, 11) is 0. The van der Waals surface area contributed by atoms with Crippen LogP contribution in [0.3, 0.4) is 0 Å². The molecule has 0 bridgehead atoms. The average molecular weight is 294 g/mol. The first-order chi connectivity index (χ1) is 9.72. The predicted molar refractivity (Wildman–Crippen MR) is 77.9 cm³/mol. The standard InChI is InChI=1S/C13H16ClN5O/c14-10-4-3-5-11(13(10)19-9-16-8-17-19)18-12(20)6-1-2-7-15/h3-5,8-9H,1-2,6-7,15H2,(H,18,20). The van der Waals surface area contributed by atoms with E-state index in [1.807, 2.05) is 0 Å². The van der Waals surface area contributed by atoms with E-state index in [2.05, 4.69) is 15.4 Å². The van der Waals surface area contributed by atoms with Crippen molar-refractivity contribution in [1.82, 2.24) is 14.8 Å². The summed E-state index contributed by atoms with van der Waals surface area (Å²) >= 11 is 6.17. The number of nitrogens with two attached hydrogens (primary N) is 1. The van der Waals surface area contributed by atoms with Crippen molar-refractivity contribution in [2.45, 2.75) is 19.3 Å². The van der Waals surface area contributed by atoms with Crippen LogP contribution >= 0.6 is 11.6 Å². The van der Waals surface area contributed by atoms with Gasteiger partial charge >= 0.3 is 0 Å². The Morgan fingerprint density at radius 3 is 2.95 bits per heavy atom. The Hall–Kier alpha value is -1.92. The van der Waals surface area contributed by atoms with Gasteiger partial charge in [0.25, 0.3) is 0 Å². The lowest BCUT2D eigenvalue weighted by Gasteiger charge is -2.12. The number of amides is 1. The molecule has 1 aromatic carbocycles. The highest BCUT2D eigenvalue weighted by Gasteiger charge is 2.12. The fourth-order valence-electron chi connectivity index (χ4n) is 1.82. The lowest BCUT2D eigenvalue weighted by molar-refractivity contribution is -0.116. The maximum atomic E-state index is 11.9. The van der Waals surface area contributed by atoms with Gasteiger partial charge in [-0.2, -0.15) is 5.10 Å². The highest BCUT2D eigenvalue weighted by atomic mass is 35.5. The summed E-state index contributed by atoms with van der Waals surface area (Å²) in [6, 6.07) is 5.30. The zero-order chi connectivity index (χ0) is 14.4. The molecule has 20 heavy (non-hydrogen) atoms. The number of anilines is 1. The average Bonchev–Trinajstić information content (AvgIpc) is 2.93. The van der Waals surface area contributed by atoms with E-state index in [1.54, 1.807) is 18.2 Å². The third-order valence-electron chi connectivity index (χ3n) is 2.77. The molecule has 0 saturated carbocycles. The monoisotopic (exact) mass is 293 g/mol. The quantitative estimate of drug-likeness (QED) is 0.798. The van der Waals surface area contributed by atoms with Gasteiger partial charge in [0.2, 0.25) is 5.91 Å². The second-order valence-electron chi connectivity index (χ2n) is 4.27. The first-order valence-electron chi connectivity index (χ1n) is 6.36. The zero-order valence-electron chi connectivity index (χ0n) is 10.9. The molecule has 0 aliphatic heterocycles. The van der Waals surface area contributed by atoms with Gasteiger partial charge in [-0.1, -0.05) is 17.7 Å². The van der Waals surface area contributed by atoms with E-state index < -0.39 is 0 Å². The maximum Gasteiger partial charge on any atom is 0.224 e. The van der Waals surface area contributed by atoms with E-state index in [4.69, 9.17) is 17.3 Å². The van der Waals surface area contributed by atoms with Gasteiger partial charge < -0.3 is 11.1 Å². The summed E-state index contributed by atoms with van der Waals surface area (Å²) in [5, 5.41) is 7.39. The Labute approximate surface area is 121 Å². The highest BCUT2D eigenvalue weighted by Crippen LogP contribution is 2.27. The highest BCUT2D eigenvalue weighted by molar-refractivity contribution is 6.33. The second-order valence-corrected chi connectivity index (χ2v) is 4.68. The molecule has 0 spiro atoms. The number of carbonyl (C=O) groups excluding carboxylic acids is 1. The van der Waals surface area contributed by atoms with Gasteiger partial charge in [-0.15, -0.1) is 0 Å². The Morgan fingerprint density at radius 1 is 1.40 bits per heavy atom. The number of nitrogens with one attached hydrogen (secondary N) is 1. The van der Waals surface area contributed by atoms with Gasteiger partial charge in [-0.05, 0) is 31.5 Å². The number of hydrogen-bond acceptors (Lipinski definition) is 4. The van der Waals surface area contributed by atoms with E-state index >= 15 is 0 Å². The van der Waals surface area contributed by atoms with Crippen LogP contribution in [0, 0.1) is 0 Å². The van der Waals surface area contributed by atoms with Crippen LogP contribution in [0.5, 0.6) is 0 Å². The van der Waals surface area contributed by atoms with E-state index in [0.29, 0.717) is 29.4 Å². The van der Waals surface area contributed by atoms with Gasteiger partial charge in [0.15, 0.2) is 0 Å². The Balaban J connectivity index is 2.16. The minimum atomic E-state index is -0.0675. The van der Waals surface area contributed by atoms with Crippen molar-refractivity contribution in [2.75, 3.05) is 11.9 Å². The minimum absolute atomic E-state index is 0.0675. The second kappa shape index (κ2) is 7.02. The number of para-hydroxylation sites is 1. The Kier molecular flexibility index (Phi) is 5.09. The first-order valence-corrected chi connectivity index (χ1v) is 6.73. The van der Waals surface area contributed by atoms with Gasteiger partial charge in [0.1, 0.15) is 18.3 Å². The van der Waals surface area contributed by atoms with Crippen molar-refractivity contribution in [3.05, 3.63) is 35.9 Å². The fraction of sp³-hybridized carbons (Fsp3) is 0.308.